The fourth-order valence-electron chi connectivity index (χ4n) is 4.01. The SMILES string of the molecule is CCc1cccc2c(C(CC(=O)NCc3ccccc3)c3cccc(F)c3)c[nH]c12. The van der Waals surface area contributed by atoms with Gasteiger partial charge in [0.15, 0.2) is 0 Å². The highest BCUT2D eigenvalue weighted by Crippen LogP contribution is 2.34. The van der Waals surface area contributed by atoms with Gasteiger partial charge in [-0.3, -0.25) is 4.79 Å². The van der Waals surface area contributed by atoms with E-state index < -0.39 is 0 Å². The van der Waals surface area contributed by atoms with Gasteiger partial charge in [0, 0.05) is 36.0 Å². The van der Waals surface area contributed by atoms with Crippen LogP contribution in [0.3, 0.4) is 0 Å². The monoisotopic (exact) mass is 400 g/mol. The van der Waals surface area contributed by atoms with Crippen LogP contribution in [-0.2, 0) is 17.8 Å². The zero-order chi connectivity index (χ0) is 20.9. The number of aromatic amines is 1. The molecule has 1 amide bonds. The number of para-hydroxylation sites is 1. The maximum atomic E-state index is 14.0. The minimum absolute atomic E-state index is 0.0610. The van der Waals surface area contributed by atoms with Gasteiger partial charge < -0.3 is 10.3 Å². The van der Waals surface area contributed by atoms with Gasteiger partial charge in [-0.15, -0.1) is 0 Å². The van der Waals surface area contributed by atoms with Crippen LogP contribution in [0.5, 0.6) is 0 Å². The number of hydrogen-bond donors (Lipinski definition) is 2. The smallest absolute Gasteiger partial charge is 0.221 e. The van der Waals surface area contributed by atoms with Crippen molar-refractivity contribution in [1.82, 2.24) is 10.3 Å². The number of amides is 1. The van der Waals surface area contributed by atoms with E-state index in [0.717, 1.165) is 34.0 Å². The van der Waals surface area contributed by atoms with Crippen LogP contribution in [-0.4, -0.2) is 10.9 Å². The molecule has 3 aromatic carbocycles. The Bertz CT molecular complexity index is 1150. The molecular weight excluding hydrogens is 375 g/mol. The first kappa shape index (κ1) is 19.9. The van der Waals surface area contributed by atoms with Crippen LogP contribution < -0.4 is 5.32 Å². The standard InChI is InChI=1S/C26H25FN2O/c1-2-19-10-7-13-22-24(17-29-26(19)22)23(20-11-6-12-21(27)14-20)15-25(30)28-16-18-8-4-3-5-9-18/h3-14,17,23,29H,2,15-16H2,1H3,(H,28,30). The second kappa shape index (κ2) is 8.95. The van der Waals surface area contributed by atoms with Crippen molar-refractivity contribution in [3.8, 4) is 0 Å². The Morgan fingerprint density at radius 1 is 1.03 bits per heavy atom. The molecule has 0 aliphatic rings. The normalized spacial score (nSPS) is 12.1. The van der Waals surface area contributed by atoms with Crippen molar-refractivity contribution < 1.29 is 9.18 Å². The van der Waals surface area contributed by atoms with Crippen LogP contribution in [0.1, 0.15) is 41.5 Å². The van der Waals surface area contributed by atoms with E-state index in [1.165, 1.54) is 17.7 Å². The molecule has 0 saturated heterocycles. The van der Waals surface area contributed by atoms with E-state index in [9.17, 15) is 9.18 Å². The fourth-order valence-corrected chi connectivity index (χ4v) is 4.01. The van der Waals surface area contributed by atoms with E-state index in [4.69, 9.17) is 0 Å². The van der Waals surface area contributed by atoms with E-state index >= 15 is 0 Å². The maximum absolute atomic E-state index is 14.0. The summed E-state index contributed by atoms with van der Waals surface area (Å²) in [5.41, 5.74) is 5.17. The van der Waals surface area contributed by atoms with Gasteiger partial charge in [0.1, 0.15) is 5.82 Å². The van der Waals surface area contributed by atoms with Crippen LogP contribution in [0, 0.1) is 5.82 Å². The molecule has 0 aliphatic carbocycles. The summed E-state index contributed by atoms with van der Waals surface area (Å²) in [6.45, 7) is 2.60. The average Bonchev–Trinajstić information content (AvgIpc) is 3.21. The van der Waals surface area contributed by atoms with Crippen molar-refractivity contribution in [2.45, 2.75) is 32.2 Å². The molecule has 1 unspecified atom stereocenters. The summed E-state index contributed by atoms with van der Waals surface area (Å²) in [7, 11) is 0. The van der Waals surface area contributed by atoms with Crippen LogP contribution >= 0.6 is 0 Å². The van der Waals surface area contributed by atoms with Crippen molar-refractivity contribution in [2.75, 3.05) is 0 Å². The number of H-pyrrole nitrogens is 1. The highest BCUT2D eigenvalue weighted by atomic mass is 19.1. The third-order valence-corrected chi connectivity index (χ3v) is 5.56. The second-order valence-corrected chi connectivity index (χ2v) is 7.51. The highest BCUT2D eigenvalue weighted by molar-refractivity contribution is 5.88. The molecule has 0 spiro atoms. The predicted molar refractivity (Wildman–Crippen MR) is 119 cm³/mol. The Kier molecular flexibility index (Phi) is 5.94. The summed E-state index contributed by atoms with van der Waals surface area (Å²) in [6, 6.07) is 22.6. The van der Waals surface area contributed by atoms with Crippen LogP contribution in [0.4, 0.5) is 4.39 Å². The molecule has 0 aliphatic heterocycles. The Morgan fingerprint density at radius 2 is 1.83 bits per heavy atom. The lowest BCUT2D eigenvalue weighted by Gasteiger charge is -2.17. The number of aromatic nitrogens is 1. The second-order valence-electron chi connectivity index (χ2n) is 7.51. The topological polar surface area (TPSA) is 44.9 Å². The number of hydrogen-bond acceptors (Lipinski definition) is 1. The summed E-state index contributed by atoms with van der Waals surface area (Å²) in [5, 5.41) is 4.09. The third-order valence-electron chi connectivity index (χ3n) is 5.56. The number of carbonyl (C=O) groups excluding carboxylic acids is 1. The Labute approximate surface area is 176 Å². The number of halogens is 1. The van der Waals surface area contributed by atoms with Crippen molar-refractivity contribution in [1.29, 1.82) is 0 Å². The molecule has 2 N–H and O–H groups in total. The van der Waals surface area contributed by atoms with Gasteiger partial charge in [0.2, 0.25) is 5.91 Å². The largest absolute Gasteiger partial charge is 0.361 e. The van der Waals surface area contributed by atoms with Gasteiger partial charge in [-0.1, -0.05) is 67.6 Å². The summed E-state index contributed by atoms with van der Waals surface area (Å²) in [5.74, 6) is -0.595. The molecule has 0 saturated carbocycles. The van der Waals surface area contributed by atoms with Crippen LogP contribution in [0.15, 0.2) is 79.0 Å². The molecule has 4 aromatic rings. The summed E-state index contributed by atoms with van der Waals surface area (Å²) >= 11 is 0. The lowest BCUT2D eigenvalue weighted by Crippen LogP contribution is -2.25. The van der Waals surface area contributed by atoms with E-state index in [-0.39, 0.29) is 24.1 Å². The lowest BCUT2D eigenvalue weighted by atomic mass is 9.87. The quantitative estimate of drug-likeness (QED) is 0.410. The zero-order valence-corrected chi connectivity index (χ0v) is 17.0. The summed E-state index contributed by atoms with van der Waals surface area (Å²) in [6.07, 6.45) is 3.13. The average molecular weight is 400 g/mol. The van der Waals surface area contributed by atoms with Gasteiger partial charge in [-0.25, -0.2) is 4.39 Å². The minimum Gasteiger partial charge on any atom is -0.361 e. The Balaban J connectivity index is 1.65. The van der Waals surface area contributed by atoms with E-state index in [1.54, 1.807) is 6.07 Å². The molecule has 1 atom stereocenters. The van der Waals surface area contributed by atoms with E-state index in [0.29, 0.717) is 6.54 Å². The molecule has 1 aromatic heterocycles. The molecule has 1 heterocycles. The van der Waals surface area contributed by atoms with Crippen molar-refractivity contribution >= 4 is 16.8 Å². The number of nitrogens with one attached hydrogen (secondary N) is 2. The summed E-state index contributed by atoms with van der Waals surface area (Å²) in [4.78, 5) is 16.2. The molecule has 4 heteroatoms. The molecule has 3 nitrogen and oxygen atoms in total. The Morgan fingerprint density at radius 3 is 2.60 bits per heavy atom. The molecular formula is C26H25FN2O. The third kappa shape index (κ3) is 4.28. The molecule has 4 rings (SSSR count). The van der Waals surface area contributed by atoms with Gasteiger partial charge >= 0.3 is 0 Å². The molecule has 30 heavy (non-hydrogen) atoms. The number of rotatable bonds is 7. The highest BCUT2D eigenvalue weighted by Gasteiger charge is 2.22. The molecule has 152 valence electrons. The summed E-state index contributed by atoms with van der Waals surface area (Å²) < 4.78 is 14.0. The van der Waals surface area contributed by atoms with Crippen molar-refractivity contribution in [3.63, 3.8) is 0 Å². The molecule has 0 radical (unpaired) electrons. The number of aryl methyl sites for hydroxylation is 1. The molecule has 0 fully saturated rings. The van der Waals surface area contributed by atoms with Gasteiger partial charge in [-0.05, 0) is 40.8 Å². The first-order valence-corrected chi connectivity index (χ1v) is 10.3. The number of benzene rings is 3. The first-order valence-electron chi connectivity index (χ1n) is 10.3. The van der Waals surface area contributed by atoms with Crippen LogP contribution in [0.25, 0.3) is 10.9 Å². The predicted octanol–water partition coefficient (Wildman–Crippen LogP) is 5.71. The van der Waals surface area contributed by atoms with Crippen molar-refractivity contribution in [2.24, 2.45) is 0 Å². The Hall–Kier alpha value is -3.40. The van der Waals surface area contributed by atoms with Crippen molar-refractivity contribution in [3.05, 3.63) is 107 Å². The molecule has 0 bridgehead atoms. The first-order chi connectivity index (χ1) is 14.7. The lowest BCUT2D eigenvalue weighted by molar-refractivity contribution is -0.121. The number of fused-ring (bicyclic) bond motifs is 1. The number of carbonyl (C=O) groups is 1. The van der Waals surface area contributed by atoms with Gasteiger partial charge in [-0.2, -0.15) is 0 Å². The minimum atomic E-state index is -0.295. The van der Waals surface area contributed by atoms with Crippen LogP contribution in [0.2, 0.25) is 0 Å². The zero-order valence-electron chi connectivity index (χ0n) is 17.0. The maximum Gasteiger partial charge on any atom is 0.221 e. The van der Waals surface area contributed by atoms with Gasteiger partial charge in [0.05, 0.1) is 0 Å². The van der Waals surface area contributed by atoms with Gasteiger partial charge in [0.25, 0.3) is 0 Å². The van der Waals surface area contributed by atoms with E-state index in [1.807, 2.05) is 48.7 Å². The van der Waals surface area contributed by atoms with E-state index in [2.05, 4.69) is 29.4 Å². The fraction of sp³-hybridized carbons (Fsp3) is 0.192.